The average Bonchev–Trinajstić information content (AvgIpc) is 2.14. The lowest BCUT2D eigenvalue weighted by Crippen LogP contribution is -2.08. The lowest BCUT2D eigenvalue weighted by molar-refractivity contribution is 0.200. The van der Waals surface area contributed by atoms with Crippen molar-refractivity contribution >= 4 is 10.3 Å². The quantitative estimate of drug-likeness (QED) is 0.659. The minimum atomic E-state index is -4.17. The molecule has 0 aliphatic heterocycles. The van der Waals surface area contributed by atoms with E-state index >= 15 is 0 Å². The molecule has 0 saturated carbocycles. The van der Waals surface area contributed by atoms with Crippen LogP contribution in [-0.2, 0) is 10.3 Å². The zero-order valence-corrected chi connectivity index (χ0v) is 9.64. The van der Waals surface area contributed by atoms with Crippen molar-refractivity contribution in [2.24, 2.45) is 5.14 Å². The molecule has 0 bridgehead atoms. The van der Waals surface area contributed by atoms with E-state index in [1.54, 1.807) is 0 Å². The first kappa shape index (κ1) is 14.8. The van der Waals surface area contributed by atoms with Crippen molar-refractivity contribution < 1.29 is 22.8 Å². The lowest BCUT2D eigenvalue weighted by atomic mass is 10.2. The molecule has 0 aliphatic carbocycles. The monoisotopic (exact) mass is 249 g/mol. The van der Waals surface area contributed by atoms with Crippen LogP contribution in [0.4, 0.5) is 0 Å². The van der Waals surface area contributed by atoms with E-state index in [1.165, 1.54) is 0 Å². The van der Waals surface area contributed by atoms with Gasteiger partial charge in [-0.2, -0.15) is 8.42 Å². The Morgan fingerprint density at radius 2 is 1.88 bits per heavy atom. The SMILES string of the molecule is Cc1ccccc1OCCO.NS(=O)(=O)O. The smallest absolute Gasteiger partial charge is 0.330 e. The Labute approximate surface area is 94.5 Å². The number of ether oxygens (including phenoxy) is 1. The zero-order valence-electron chi connectivity index (χ0n) is 8.83. The maximum Gasteiger partial charge on any atom is 0.330 e. The molecule has 7 heteroatoms. The van der Waals surface area contributed by atoms with E-state index in [4.69, 9.17) is 22.8 Å². The minimum absolute atomic E-state index is 0.0638. The van der Waals surface area contributed by atoms with E-state index in [9.17, 15) is 0 Å². The van der Waals surface area contributed by atoms with Crippen LogP contribution in [0.15, 0.2) is 24.3 Å². The molecule has 0 radical (unpaired) electrons. The summed E-state index contributed by atoms with van der Waals surface area (Å²) >= 11 is 0. The number of benzene rings is 1. The second kappa shape index (κ2) is 7.18. The molecule has 0 heterocycles. The van der Waals surface area contributed by atoms with E-state index in [2.05, 4.69) is 5.14 Å². The summed E-state index contributed by atoms with van der Waals surface area (Å²) in [6.45, 7) is 2.41. The summed E-state index contributed by atoms with van der Waals surface area (Å²) in [5.74, 6) is 0.849. The fourth-order valence-corrected chi connectivity index (χ4v) is 0.874. The third-order valence-electron chi connectivity index (χ3n) is 1.44. The molecule has 0 atom stereocenters. The number of aliphatic hydroxyl groups excluding tert-OH is 1. The summed E-state index contributed by atoms with van der Waals surface area (Å²) in [5.41, 5.74) is 1.10. The topological polar surface area (TPSA) is 110 Å². The molecule has 0 spiro atoms. The summed E-state index contributed by atoms with van der Waals surface area (Å²) in [6.07, 6.45) is 0. The highest BCUT2D eigenvalue weighted by Gasteiger charge is 1.94. The number of aliphatic hydroxyl groups is 1. The van der Waals surface area contributed by atoms with Crippen LogP contribution in [0.2, 0.25) is 0 Å². The number of para-hydroxylation sites is 1. The van der Waals surface area contributed by atoms with Gasteiger partial charge in [-0.25, -0.2) is 5.14 Å². The Hall–Kier alpha value is -1.15. The summed E-state index contributed by atoms with van der Waals surface area (Å²) in [5, 5.41) is 12.4. The standard InChI is InChI=1S/C9H12O2.H3NO3S/c1-8-4-2-3-5-9(8)11-7-6-10;1-5(2,3)4/h2-5,10H,6-7H2,1H3;(H3,1,2,3,4). The summed E-state index contributed by atoms with van der Waals surface area (Å²) in [7, 11) is -4.17. The molecule has 0 saturated heterocycles. The molecule has 0 aliphatic rings. The first-order valence-electron chi connectivity index (χ1n) is 4.39. The van der Waals surface area contributed by atoms with E-state index in [0.29, 0.717) is 6.61 Å². The molecule has 1 aromatic rings. The molecular formula is C9H15NO5S. The van der Waals surface area contributed by atoms with Crippen molar-refractivity contribution in [2.45, 2.75) is 6.92 Å². The highest BCUT2D eigenvalue weighted by molar-refractivity contribution is 7.83. The first-order valence-corrected chi connectivity index (χ1v) is 5.89. The molecule has 92 valence electrons. The van der Waals surface area contributed by atoms with Crippen LogP contribution in [0.5, 0.6) is 5.75 Å². The van der Waals surface area contributed by atoms with Gasteiger partial charge in [-0.3, -0.25) is 4.55 Å². The van der Waals surface area contributed by atoms with Gasteiger partial charge in [-0.15, -0.1) is 0 Å². The number of hydrogen-bond donors (Lipinski definition) is 3. The Balaban J connectivity index is 0.000000385. The van der Waals surface area contributed by atoms with Gasteiger partial charge in [-0.05, 0) is 18.6 Å². The molecule has 0 fully saturated rings. The number of hydrogen-bond acceptors (Lipinski definition) is 4. The van der Waals surface area contributed by atoms with E-state index in [1.807, 2.05) is 31.2 Å². The maximum absolute atomic E-state index is 8.97. The third-order valence-corrected chi connectivity index (χ3v) is 1.44. The number of rotatable bonds is 3. The summed E-state index contributed by atoms with van der Waals surface area (Å²) in [4.78, 5) is 0. The highest BCUT2D eigenvalue weighted by atomic mass is 32.2. The molecule has 6 nitrogen and oxygen atoms in total. The molecule has 0 amide bonds. The Morgan fingerprint density at radius 1 is 1.38 bits per heavy atom. The van der Waals surface area contributed by atoms with Crippen molar-refractivity contribution in [3.8, 4) is 5.75 Å². The zero-order chi connectivity index (χ0) is 12.6. The van der Waals surface area contributed by atoms with Crippen LogP contribution in [0.1, 0.15) is 5.56 Å². The molecular weight excluding hydrogens is 234 g/mol. The fraction of sp³-hybridized carbons (Fsp3) is 0.333. The van der Waals surface area contributed by atoms with Gasteiger partial charge in [0.05, 0.1) is 6.61 Å². The van der Waals surface area contributed by atoms with Crippen LogP contribution >= 0.6 is 0 Å². The van der Waals surface area contributed by atoms with Gasteiger partial charge in [0, 0.05) is 0 Å². The van der Waals surface area contributed by atoms with Gasteiger partial charge in [0.25, 0.3) is 0 Å². The van der Waals surface area contributed by atoms with E-state index in [-0.39, 0.29) is 6.61 Å². The normalized spacial score (nSPS) is 10.2. The Morgan fingerprint density at radius 3 is 2.31 bits per heavy atom. The largest absolute Gasteiger partial charge is 0.491 e. The van der Waals surface area contributed by atoms with Crippen LogP contribution in [0.3, 0.4) is 0 Å². The molecule has 16 heavy (non-hydrogen) atoms. The van der Waals surface area contributed by atoms with Crippen molar-refractivity contribution in [1.29, 1.82) is 0 Å². The van der Waals surface area contributed by atoms with E-state index in [0.717, 1.165) is 11.3 Å². The molecule has 4 N–H and O–H groups in total. The second-order valence-corrected chi connectivity index (χ2v) is 3.88. The Bertz CT molecular complexity index is 396. The van der Waals surface area contributed by atoms with Crippen molar-refractivity contribution in [2.75, 3.05) is 13.2 Å². The van der Waals surface area contributed by atoms with Crippen LogP contribution in [0, 0.1) is 6.92 Å². The van der Waals surface area contributed by atoms with Crippen LogP contribution < -0.4 is 9.88 Å². The second-order valence-electron chi connectivity index (χ2n) is 2.85. The third kappa shape index (κ3) is 9.41. The average molecular weight is 249 g/mol. The van der Waals surface area contributed by atoms with Gasteiger partial charge in [0.1, 0.15) is 12.4 Å². The maximum atomic E-state index is 8.97. The van der Waals surface area contributed by atoms with Gasteiger partial charge in [0.2, 0.25) is 0 Å². The fourth-order valence-electron chi connectivity index (χ4n) is 0.874. The van der Waals surface area contributed by atoms with Crippen molar-refractivity contribution in [3.63, 3.8) is 0 Å². The molecule has 1 rings (SSSR count). The molecule has 0 unspecified atom stereocenters. The summed E-state index contributed by atoms with van der Waals surface area (Å²) in [6, 6.07) is 7.75. The van der Waals surface area contributed by atoms with Gasteiger partial charge < -0.3 is 9.84 Å². The van der Waals surface area contributed by atoms with Gasteiger partial charge in [0.15, 0.2) is 0 Å². The molecule has 0 aromatic heterocycles. The van der Waals surface area contributed by atoms with Gasteiger partial charge in [-0.1, -0.05) is 18.2 Å². The van der Waals surface area contributed by atoms with Crippen molar-refractivity contribution in [3.05, 3.63) is 29.8 Å². The Kier molecular flexibility index (Phi) is 6.66. The summed E-state index contributed by atoms with van der Waals surface area (Å²) < 4.78 is 30.4. The van der Waals surface area contributed by atoms with Gasteiger partial charge >= 0.3 is 10.3 Å². The van der Waals surface area contributed by atoms with Crippen LogP contribution in [-0.4, -0.2) is 31.3 Å². The van der Waals surface area contributed by atoms with Crippen molar-refractivity contribution in [1.82, 2.24) is 0 Å². The predicted octanol–water partition coefficient (Wildman–Crippen LogP) is 0.114. The predicted molar refractivity (Wildman–Crippen MR) is 59.5 cm³/mol. The number of nitrogens with two attached hydrogens (primary N) is 1. The van der Waals surface area contributed by atoms with E-state index < -0.39 is 10.3 Å². The highest BCUT2D eigenvalue weighted by Crippen LogP contribution is 2.15. The first-order chi connectivity index (χ1) is 7.34. The lowest BCUT2D eigenvalue weighted by Gasteiger charge is -2.05. The number of aryl methyl sites for hydroxylation is 1. The molecule has 1 aromatic carbocycles. The van der Waals surface area contributed by atoms with Crippen LogP contribution in [0.25, 0.3) is 0 Å². The minimum Gasteiger partial charge on any atom is -0.491 e.